The third kappa shape index (κ3) is 7.67. The zero-order valence-corrected chi connectivity index (χ0v) is 28.5. The molecule has 0 aromatic heterocycles. The van der Waals surface area contributed by atoms with Crippen molar-refractivity contribution in [2.45, 2.75) is 59.8 Å². The number of carboxylic acid groups (broad SMARTS) is 1. The van der Waals surface area contributed by atoms with Crippen molar-refractivity contribution in [3.8, 4) is 5.75 Å². The minimum absolute atomic E-state index is 0.0164. The summed E-state index contributed by atoms with van der Waals surface area (Å²) in [4.78, 5) is 26.9. The van der Waals surface area contributed by atoms with Crippen molar-refractivity contribution in [2.24, 2.45) is 5.92 Å². The highest BCUT2D eigenvalue weighted by molar-refractivity contribution is 7.92. The normalized spacial score (nSPS) is 19.2. The van der Waals surface area contributed by atoms with Crippen LogP contribution in [0.2, 0.25) is 0 Å². The molecule has 0 radical (unpaired) electrons. The Hall–Kier alpha value is -4.59. The van der Waals surface area contributed by atoms with Gasteiger partial charge in [0.25, 0.3) is 5.60 Å². The molecule has 54 heavy (non-hydrogen) atoms. The summed E-state index contributed by atoms with van der Waals surface area (Å²) in [5.74, 6) is -3.69. The number of piperidine rings is 1. The summed E-state index contributed by atoms with van der Waals surface area (Å²) in [6, 6.07) is 8.31. The third-order valence-corrected chi connectivity index (χ3v) is 12.0. The first-order valence-electron chi connectivity index (χ1n) is 16.0. The van der Waals surface area contributed by atoms with Crippen LogP contribution >= 0.6 is 0 Å². The van der Waals surface area contributed by atoms with Crippen LogP contribution in [-0.2, 0) is 36.3 Å². The number of aliphatic carboxylic acids is 1. The second kappa shape index (κ2) is 14.6. The molecule has 5 rings (SSSR count). The summed E-state index contributed by atoms with van der Waals surface area (Å²) in [6.07, 6.45) is -18.1. The van der Waals surface area contributed by atoms with Crippen molar-refractivity contribution < 1.29 is 76.5 Å². The first-order chi connectivity index (χ1) is 25.0. The van der Waals surface area contributed by atoms with Gasteiger partial charge in [-0.15, -0.1) is 13.2 Å². The molecular weight excluding hydrogens is 770 g/mol. The first-order valence-corrected chi connectivity index (χ1v) is 17.5. The molecule has 20 heteroatoms. The van der Waals surface area contributed by atoms with Crippen molar-refractivity contribution >= 4 is 21.8 Å². The SMILES string of the molecule is O=C(O)C1CCN(C(=O)N2CC[C@](c3ccc(C(OCc4ccccc4OC(F)(F)F)(C(F)(F)F)C(F)(F)F)cc3)(S(=O)(=O)c3ccc(F)cc3)C2)CC1. The molecule has 3 aromatic carbocycles. The molecule has 0 bridgehead atoms. The lowest BCUT2D eigenvalue weighted by Gasteiger charge is -2.38. The molecule has 2 aliphatic heterocycles. The second-order valence-electron chi connectivity index (χ2n) is 12.7. The number of ether oxygens (including phenoxy) is 2. The fourth-order valence-electron chi connectivity index (χ4n) is 6.69. The predicted octanol–water partition coefficient (Wildman–Crippen LogP) is 7.55. The van der Waals surface area contributed by atoms with E-state index in [0.29, 0.717) is 30.3 Å². The van der Waals surface area contributed by atoms with E-state index in [9.17, 15) is 67.0 Å². The van der Waals surface area contributed by atoms with Crippen LogP contribution in [0, 0.1) is 11.7 Å². The standard InChI is InChI=1S/C34H30F10N2O7S/c35-25-9-11-26(12-10-25)54(50,51)30(15-18-46(20-30)29(49)45-16-13-21(14-17-45)28(47)48)23-5-7-24(8-6-23)31(32(36,37)38,33(39,40)41)52-19-22-3-1-2-4-27(22)53-34(42,43)44/h1-12,21H,13-20H2,(H,47,48)/t30-/m0/s1. The molecule has 0 saturated carbocycles. The summed E-state index contributed by atoms with van der Waals surface area (Å²) in [6.45, 7) is -2.53. The number of rotatable bonds is 9. The maximum Gasteiger partial charge on any atom is 0.573 e. The van der Waals surface area contributed by atoms with Crippen LogP contribution < -0.4 is 4.74 Å². The van der Waals surface area contributed by atoms with Crippen LogP contribution in [0.4, 0.5) is 48.7 Å². The highest BCUT2D eigenvalue weighted by atomic mass is 32.2. The van der Waals surface area contributed by atoms with Gasteiger partial charge in [0.2, 0.25) is 0 Å². The number of carbonyl (C=O) groups is 2. The molecule has 2 amide bonds. The van der Waals surface area contributed by atoms with Gasteiger partial charge in [0.1, 0.15) is 16.3 Å². The topological polar surface area (TPSA) is 113 Å². The number of likely N-dealkylation sites (tertiary alicyclic amines) is 2. The summed E-state index contributed by atoms with van der Waals surface area (Å²) in [7, 11) is -4.70. The number of nitrogens with zero attached hydrogens (tertiary/aromatic N) is 2. The lowest BCUT2D eigenvalue weighted by Crippen LogP contribution is -2.56. The number of alkyl halides is 9. The van der Waals surface area contributed by atoms with E-state index in [4.69, 9.17) is 0 Å². The Morgan fingerprint density at radius 1 is 0.796 bits per heavy atom. The van der Waals surface area contributed by atoms with E-state index >= 15 is 0 Å². The molecule has 9 nitrogen and oxygen atoms in total. The minimum Gasteiger partial charge on any atom is -0.481 e. The Morgan fingerprint density at radius 3 is 1.91 bits per heavy atom. The van der Waals surface area contributed by atoms with E-state index in [1.807, 2.05) is 0 Å². The minimum atomic E-state index is -6.28. The Balaban J connectivity index is 1.55. The molecule has 2 fully saturated rings. The zero-order chi connectivity index (χ0) is 39.9. The molecular formula is C34H30F10N2O7S. The lowest BCUT2D eigenvalue weighted by atomic mass is 9.88. The summed E-state index contributed by atoms with van der Waals surface area (Å²) < 4.78 is 175. The molecule has 2 saturated heterocycles. The first kappa shape index (κ1) is 40.6. The number of carbonyl (C=O) groups excluding carboxylic acids is 1. The van der Waals surface area contributed by atoms with Crippen LogP contribution in [0.5, 0.6) is 5.75 Å². The summed E-state index contributed by atoms with van der Waals surface area (Å²) in [5.41, 5.74) is -7.89. The van der Waals surface area contributed by atoms with Gasteiger partial charge in [-0.3, -0.25) is 4.79 Å². The van der Waals surface area contributed by atoms with Crippen LogP contribution in [0.15, 0.2) is 77.7 Å². The monoisotopic (exact) mass is 800 g/mol. The van der Waals surface area contributed by atoms with E-state index in [0.717, 1.165) is 47.4 Å². The van der Waals surface area contributed by atoms with Crippen LogP contribution in [0.25, 0.3) is 0 Å². The Kier molecular flexibility index (Phi) is 11.0. The number of urea groups is 1. The van der Waals surface area contributed by atoms with E-state index in [1.54, 1.807) is 0 Å². The van der Waals surface area contributed by atoms with Crippen molar-refractivity contribution in [1.82, 2.24) is 9.80 Å². The third-order valence-electron chi connectivity index (χ3n) is 9.51. The smallest absolute Gasteiger partial charge is 0.481 e. The second-order valence-corrected chi connectivity index (χ2v) is 15.0. The molecule has 294 valence electrons. The molecule has 0 aliphatic carbocycles. The van der Waals surface area contributed by atoms with Crippen molar-refractivity contribution in [3.63, 3.8) is 0 Å². The van der Waals surface area contributed by atoms with E-state index in [2.05, 4.69) is 9.47 Å². The van der Waals surface area contributed by atoms with Gasteiger partial charge in [0.05, 0.1) is 17.4 Å². The fourth-order valence-corrected chi connectivity index (χ4v) is 8.77. The van der Waals surface area contributed by atoms with E-state index < -0.39 is 104 Å². The summed E-state index contributed by atoms with van der Waals surface area (Å²) in [5, 5.41) is 9.29. The molecule has 2 heterocycles. The summed E-state index contributed by atoms with van der Waals surface area (Å²) >= 11 is 0. The Bertz CT molecular complexity index is 1930. The highest BCUT2D eigenvalue weighted by Crippen LogP contribution is 2.54. The number of halogens is 10. The zero-order valence-electron chi connectivity index (χ0n) is 27.6. The Morgan fingerprint density at radius 2 is 1.37 bits per heavy atom. The predicted molar refractivity (Wildman–Crippen MR) is 167 cm³/mol. The quantitative estimate of drug-likeness (QED) is 0.176. The van der Waals surface area contributed by atoms with Gasteiger partial charge >= 0.3 is 30.7 Å². The highest BCUT2D eigenvalue weighted by Gasteiger charge is 2.73. The van der Waals surface area contributed by atoms with Gasteiger partial charge in [0.15, 0.2) is 9.84 Å². The van der Waals surface area contributed by atoms with Gasteiger partial charge in [-0.2, -0.15) is 26.3 Å². The molecule has 1 atom stereocenters. The average Bonchev–Trinajstić information content (AvgIpc) is 3.55. The van der Waals surface area contributed by atoms with Crippen molar-refractivity contribution in [2.75, 3.05) is 26.2 Å². The average molecular weight is 801 g/mol. The van der Waals surface area contributed by atoms with E-state index in [-0.39, 0.29) is 38.0 Å². The van der Waals surface area contributed by atoms with Crippen LogP contribution in [0.1, 0.15) is 36.0 Å². The molecule has 0 spiro atoms. The number of sulfone groups is 1. The molecule has 3 aromatic rings. The van der Waals surface area contributed by atoms with Gasteiger partial charge in [-0.25, -0.2) is 17.6 Å². The number of carboxylic acids is 1. The number of amides is 2. The van der Waals surface area contributed by atoms with Crippen LogP contribution in [-0.4, -0.2) is 80.2 Å². The maximum atomic E-state index is 14.7. The lowest BCUT2D eigenvalue weighted by molar-refractivity contribution is -0.392. The van der Waals surface area contributed by atoms with Crippen LogP contribution in [0.3, 0.4) is 0 Å². The van der Waals surface area contributed by atoms with Crippen molar-refractivity contribution in [3.05, 3.63) is 95.3 Å². The van der Waals surface area contributed by atoms with Gasteiger partial charge in [0, 0.05) is 37.3 Å². The van der Waals surface area contributed by atoms with Gasteiger partial charge in [-0.05, 0) is 55.2 Å². The maximum absolute atomic E-state index is 14.7. The van der Waals surface area contributed by atoms with Gasteiger partial charge < -0.3 is 24.4 Å². The fraction of sp³-hybridized carbons (Fsp3) is 0.412. The molecule has 0 unspecified atom stereocenters. The largest absolute Gasteiger partial charge is 0.573 e. The molecule has 2 aliphatic rings. The van der Waals surface area contributed by atoms with Gasteiger partial charge in [-0.1, -0.05) is 42.5 Å². The number of hydrogen-bond donors (Lipinski definition) is 1. The molecule has 1 N–H and O–H groups in total. The Labute approximate surface area is 301 Å². The number of para-hydroxylation sites is 1. The number of hydrogen-bond acceptors (Lipinski definition) is 6. The van der Waals surface area contributed by atoms with Crippen molar-refractivity contribution in [1.29, 1.82) is 0 Å². The van der Waals surface area contributed by atoms with E-state index in [1.165, 1.54) is 4.90 Å². The number of benzene rings is 3.